The maximum absolute atomic E-state index is 12.7. The van der Waals surface area contributed by atoms with Crippen LogP contribution in [-0.2, 0) is 22.7 Å². The highest BCUT2D eigenvalue weighted by atomic mass is 32.2. The van der Waals surface area contributed by atoms with Gasteiger partial charge in [0.1, 0.15) is 17.4 Å². The summed E-state index contributed by atoms with van der Waals surface area (Å²) >= 11 is 2.66. The fourth-order valence-corrected chi connectivity index (χ4v) is 5.22. The Morgan fingerprint density at radius 2 is 1.88 bits per heavy atom. The van der Waals surface area contributed by atoms with Crippen LogP contribution in [0.2, 0.25) is 0 Å². The fraction of sp³-hybridized carbons (Fsp3) is 0.417. The van der Waals surface area contributed by atoms with Crippen molar-refractivity contribution in [3.05, 3.63) is 51.2 Å². The van der Waals surface area contributed by atoms with Crippen LogP contribution in [0.1, 0.15) is 51.6 Å². The minimum atomic E-state index is -0.425. The second-order valence-corrected chi connectivity index (χ2v) is 9.84. The lowest BCUT2D eigenvalue weighted by atomic mass is 10.1. The van der Waals surface area contributed by atoms with Gasteiger partial charge in [-0.1, -0.05) is 23.9 Å². The number of thiophene rings is 1. The van der Waals surface area contributed by atoms with Gasteiger partial charge in [-0.05, 0) is 64.3 Å². The first kappa shape index (κ1) is 25.8. The molecule has 0 spiro atoms. The summed E-state index contributed by atoms with van der Waals surface area (Å²) in [5, 5.41) is 12.5. The molecule has 34 heavy (non-hydrogen) atoms. The zero-order valence-corrected chi connectivity index (χ0v) is 22.0. The summed E-state index contributed by atoms with van der Waals surface area (Å²) in [6, 6.07) is 5.95. The molecule has 1 N–H and O–H groups in total. The molecule has 0 atom stereocenters. The number of aromatic nitrogens is 3. The van der Waals surface area contributed by atoms with E-state index >= 15 is 0 Å². The van der Waals surface area contributed by atoms with Gasteiger partial charge in [-0.3, -0.25) is 4.79 Å². The van der Waals surface area contributed by atoms with Gasteiger partial charge in [0.25, 0.3) is 0 Å². The Morgan fingerprint density at radius 1 is 1.12 bits per heavy atom. The van der Waals surface area contributed by atoms with Crippen molar-refractivity contribution in [1.29, 1.82) is 0 Å². The first-order valence-electron chi connectivity index (χ1n) is 11.1. The van der Waals surface area contributed by atoms with E-state index in [9.17, 15) is 9.59 Å². The molecule has 0 aliphatic rings. The highest BCUT2D eigenvalue weighted by molar-refractivity contribution is 7.99. The van der Waals surface area contributed by atoms with Crippen LogP contribution in [0.15, 0.2) is 23.4 Å². The van der Waals surface area contributed by atoms with Crippen LogP contribution in [0, 0.1) is 27.7 Å². The fourth-order valence-electron chi connectivity index (χ4n) is 3.33. The molecule has 0 fully saturated rings. The van der Waals surface area contributed by atoms with E-state index in [1.54, 1.807) is 6.92 Å². The van der Waals surface area contributed by atoms with Crippen LogP contribution in [0.3, 0.4) is 0 Å². The number of amides is 1. The average molecular weight is 503 g/mol. The quantitative estimate of drug-likeness (QED) is 0.305. The van der Waals surface area contributed by atoms with Crippen molar-refractivity contribution >= 4 is 40.0 Å². The minimum absolute atomic E-state index is 0.133. The molecule has 2 aromatic heterocycles. The molecular weight excluding hydrogens is 472 g/mol. The summed E-state index contributed by atoms with van der Waals surface area (Å²) in [6.45, 7) is 12.8. The molecule has 3 aromatic rings. The number of nitrogens with zero attached hydrogens (tertiary/aromatic N) is 3. The van der Waals surface area contributed by atoms with E-state index in [-0.39, 0.29) is 24.9 Å². The second-order valence-electron chi connectivity index (χ2n) is 7.67. The third-order valence-electron chi connectivity index (χ3n) is 5.47. The van der Waals surface area contributed by atoms with Crippen molar-refractivity contribution in [2.75, 3.05) is 17.7 Å². The number of carbonyl (C=O) groups is 2. The van der Waals surface area contributed by atoms with Gasteiger partial charge in [-0.2, -0.15) is 0 Å². The Bertz CT molecular complexity index is 1190. The first-order valence-corrected chi connectivity index (χ1v) is 12.9. The lowest BCUT2D eigenvalue weighted by Gasteiger charge is -2.11. The van der Waals surface area contributed by atoms with Crippen LogP contribution in [0.25, 0.3) is 0 Å². The van der Waals surface area contributed by atoms with Crippen LogP contribution in [0.4, 0.5) is 5.00 Å². The Hall–Kier alpha value is -2.85. The van der Waals surface area contributed by atoms with E-state index in [2.05, 4.69) is 15.5 Å². The number of rotatable bonds is 10. The minimum Gasteiger partial charge on any atom is -0.485 e. The maximum Gasteiger partial charge on any atom is 0.341 e. The van der Waals surface area contributed by atoms with Gasteiger partial charge in [0.05, 0.1) is 17.9 Å². The first-order chi connectivity index (χ1) is 16.3. The van der Waals surface area contributed by atoms with Crippen molar-refractivity contribution in [1.82, 2.24) is 14.8 Å². The lowest BCUT2D eigenvalue weighted by Crippen LogP contribution is -2.17. The molecule has 3 rings (SSSR count). The number of esters is 1. The van der Waals surface area contributed by atoms with Crippen molar-refractivity contribution in [3.63, 3.8) is 0 Å². The smallest absolute Gasteiger partial charge is 0.341 e. The summed E-state index contributed by atoms with van der Waals surface area (Å²) in [6.07, 6.45) is 0. The molecule has 10 heteroatoms. The molecule has 182 valence electrons. The van der Waals surface area contributed by atoms with Crippen molar-refractivity contribution in [2.24, 2.45) is 0 Å². The Balaban J connectivity index is 1.64. The van der Waals surface area contributed by atoms with Gasteiger partial charge in [-0.25, -0.2) is 4.79 Å². The van der Waals surface area contributed by atoms with E-state index < -0.39 is 5.97 Å². The normalized spacial score (nSPS) is 10.9. The highest BCUT2D eigenvalue weighted by Gasteiger charge is 2.22. The van der Waals surface area contributed by atoms with Gasteiger partial charge >= 0.3 is 5.97 Å². The summed E-state index contributed by atoms with van der Waals surface area (Å²) in [4.78, 5) is 26.0. The Morgan fingerprint density at radius 3 is 2.59 bits per heavy atom. The summed E-state index contributed by atoms with van der Waals surface area (Å²) in [5.74, 6) is 0.995. The average Bonchev–Trinajstić information content (AvgIpc) is 3.32. The molecule has 0 bridgehead atoms. The van der Waals surface area contributed by atoms with Gasteiger partial charge in [0.15, 0.2) is 11.0 Å². The van der Waals surface area contributed by atoms with E-state index in [1.165, 1.54) is 28.7 Å². The number of aryl methyl sites for hydroxylation is 2. The van der Waals surface area contributed by atoms with Crippen LogP contribution in [0.5, 0.6) is 5.75 Å². The lowest BCUT2D eigenvalue weighted by molar-refractivity contribution is -0.113. The number of nitrogens with one attached hydrogen (secondary N) is 1. The molecule has 0 aliphatic heterocycles. The largest absolute Gasteiger partial charge is 0.485 e. The summed E-state index contributed by atoms with van der Waals surface area (Å²) in [5.41, 5.74) is 3.51. The number of ether oxygens (including phenoxy) is 2. The topological polar surface area (TPSA) is 95.3 Å². The van der Waals surface area contributed by atoms with Gasteiger partial charge in [0.2, 0.25) is 5.91 Å². The molecule has 0 saturated carbocycles. The number of carbonyl (C=O) groups excluding carboxylic acids is 2. The standard InChI is InChI=1S/C24H30N4O4S2/c1-7-28-19(12-32-18-11-9-10-14(3)15(18)4)26-27-24(28)33-13-20(29)25-22-21(23(30)31-8-2)16(5)17(6)34-22/h9-11H,7-8,12-13H2,1-6H3,(H,25,29). The molecule has 0 unspecified atom stereocenters. The zero-order chi connectivity index (χ0) is 24.8. The van der Waals surface area contributed by atoms with Crippen molar-refractivity contribution < 1.29 is 19.1 Å². The predicted octanol–water partition coefficient (Wildman–Crippen LogP) is 5.08. The maximum atomic E-state index is 12.7. The van der Waals surface area contributed by atoms with Gasteiger partial charge in [0, 0.05) is 11.4 Å². The second kappa shape index (κ2) is 11.5. The number of hydrogen-bond donors (Lipinski definition) is 1. The van der Waals surface area contributed by atoms with Gasteiger partial charge < -0.3 is 19.4 Å². The molecule has 0 radical (unpaired) electrons. The number of anilines is 1. The highest BCUT2D eigenvalue weighted by Crippen LogP contribution is 2.33. The van der Waals surface area contributed by atoms with Crippen molar-refractivity contribution in [3.8, 4) is 5.75 Å². The van der Waals surface area contributed by atoms with E-state index in [0.29, 0.717) is 28.1 Å². The monoisotopic (exact) mass is 502 g/mol. The zero-order valence-electron chi connectivity index (χ0n) is 20.4. The third-order valence-corrected chi connectivity index (χ3v) is 7.56. The molecule has 0 saturated heterocycles. The van der Waals surface area contributed by atoms with E-state index in [4.69, 9.17) is 9.47 Å². The molecule has 0 aliphatic carbocycles. The summed E-state index contributed by atoms with van der Waals surface area (Å²) < 4.78 is 13.1. The molecule has 1 aromatic carbocycles. The predicted molar refractivity (Wildman–Crippen MR) is 135 cm³/mol. The molecule has 1 amide bonds. The van der Waals surface area contributed by atoms with E-state index in [1.807, 2.05) is 57.4 Å². The third kappa shape index (κ3) is 5.79. The van der Waals surface area contributed by atoms with Crippen LogP contribution < -0.4 is 10.1 Å². The SMILES string of the molecule is CCOC(=O)c1c(NC(=O)CSc2nnc(COc3cccc(C)c3C)n2CC)sc(C)c1C. The Kier molecular flexibility index (Phi) is 8.73. The van der Waals surface area contributed by atoms with Crippen LogP contribution in [-0.4, -0.2) is 39.0 Å². The molecule has 2 heterocycles. The summed E-state index contributed by atoms with van der Waals surface area (Å²) in [7, 11) is 0. The Labute approximate surface area is 208 Å². The van der Waals surface area contributed by atoms with Crippen LogP contribution >= 0.6 is 23.1 Å². The molecule has 8 nitrogen and oxygen atoms in total. The van der Waals surface area contributed by atoms with E-state index in [0.717, 1.165) is 21.8 Å². The van der Waals surface area contributed by atoms with Gasteiger partial charge in [-0.15, -0.1) is 21.5 Å². The number of hydrogen-bond acceptors (Lipinski definition) is 8. The number of thioether (sulfide) groups is 1. The number of benzene rings is 1. The molecular formula is C24H30N4O4S2. The van der Waals surface area contributed by atoms with Crippen molar-refractivity contribution in [2.45, 2.75) is 59.9 Å².